The van der Waals surface area contributed by atoms with Crippen LogP contribution in [0.25, 0.3) is 4.85 Å². The summed E-state index contributed by atoms with van der Waals surface area (Å²) >= 11 is 3.38. The number of nitrogens with one attached hydrogen (secondary N) is 1. The summed E-state index contributed by atoms with van der Waals surface area (Å²) in [4.78, 5) is 20.2. The predicted octanol–water partition coefficient (Wildman–Crippen LogP) is 4.20. The lowest BCUT2D eigenvalue weighted by atomic mass is 9.74. The van der Waals surface area contributed by atoms with Gasteiger partial charge in [-0.3, -0.25) is 9.78 Å². The maximum Gasteiger partial charge on any atom is 0.251 e. The number of halogens is 1. The van der Waals surface area contributed by atoms with Crippen molar-refractivity contribution in [1.82, 2.24) is 10.3 Å². The third-order valence-corrected chi connectivity index (χ3v) is 4.51. The van der Waals surface area contributed by atoms with Gasteiger partial charge in [-0.2, -0.15) is 0 Å². The Morgan fingerprint density at radius 3 is 2.45 bits per heavy atom. The van der Waals surface area contributed by atoms with E-state index < -0.39 is 0 Å². The van der Waals surface area contributed by atoms with Gasteiger partial charge in [0.1, 0.15) is 0 Å². The second kappa shape index (κ2) is 5.90. The molecule has 0 atom stereocenters. The van der Waals surface area contributed by atoms with E-state index in [0.717, 1.165) is 29.4 Å². The lowest BCUT2D eigenvalue weighted by Crippen LogP contribution is -2.51. The summed E-state index contributed by atoms with van der Waals surface area (Å²) in [6.45, 7) is 6.95. The lowest BCUT2D eigenvalue weighted by molar-refractivity contribution is 0.0817. The molecule has 0 spiro atoms. The van der Waals surface area contributed by atoms with E-state index in [1.54, 1.807) is 30.5 Å². The molecule has 0 radical (unpaired) electrons. The average molecular weight is 356 g/mol. The molecule has 1 aliphatic carbocycles. The largest absolute Gasteiger partial charge is 0.341 e. The Kier molecular flexibility index (Phi) is 3.95. The van der Waals surface area contributed by atoms with E-state index in [0.29, 0.717) is 11.3 Å². The molecule has 0 bridgehead atoms. The topological polar surface area (TPSA) is 46.4 Å². The van der Waals surface area contributed by atoms with Gasteiger partial charge in [0.15, 0.2) is 5.69 Å². The highest BCUT2D eigenvalue weighted by Crippen LogP contribution is 2.40. The number of nitrogens with zero attached hydrogens (tertiary/aromatic N) is 2. The minimum atomic E-state index is -0.365. The van der Waals surface area contributed by atoms with Gasteiger partial charge in [0.2, 0.25) is 0 Å². The second-order valence-electron chi connectivity index (χ2n) is 5.41. The van der Waals surface area contributed by atoms with Crippen LogP contribution in [0.4, 0.5) is 5.69 Å². The fourth-order valence-corrected chi connectivity index (χ4v) is 2.85. The molecule has 1 amide bonds. The molecule has 5 heteroatoms. The van der Waals surface area contributed by atoms with Gasteiger partial charge in [0.25, 0.3) is 5.91 Å². The summed E-state index contributed by atoms with van der Waals surface area (Å²) in [7, 11) is 0. The Morgan fingerprint density at radius 1 is 1.23 bits per heavy atom. The van der Waals surface area contributed by atoms with Crippen LogP contribution >= 0.6 is 15.9 Å². The van der Waals surface area contributed by atoms with Crippen molar-refractivity contribution in [3.63, 3.8) is 0 Å². The van der Waals surface area contributed by atoms with Crippen molar-refractivity contribution < 1.29 is 4.79 Å². The quantitative estimate of drug-likeness (QED) is 0.838. The van der Waals surface area contributed by atoms with Crippen LogP contribution in [0, 0.1) is 6.57 Å². The summed E-state index contributed by atoms with van der Waals surface area (Å²) in [5.41, 5.74) is 1.63. The van der Waals surface area contributed by atoms with Crippen LogP contribution in [-0.2, 0) is 5.54 Å². The molecule has 1 saturated carbocycles. The molecule has 4 nitrogen and oxygen atoms in total. The van der Waals surface area contributed by atoms with Crippen LogP contribution in [0.3, 0.4) is 0 Å². The Labute approximate surface area is 137 Å². The van der Waals surface area contributed by atoms with Crippen LogP contribution in [0.1, 0.15) is 35.3 Å². The molecule has 110 valence electrons. The van der Waals surface area contributed by atoms with Crippen molar-refractivity contribution in [2.45, 2.75) is 24.8 Å². The van der Waals surface area contributed by atoms with E-state index in [4.69, 9.17) is 6.57 Å². The van der Waals surface area contributed by atoms with Gasteiger partial charge in [-0.05, 0) is 47.3 Å². The molecule has 1 fully saturated rings. The van der Waals surface area contributed by atoms with Gasteiger partial charge < -0.3 is 5.32 Å². The van der Waals surface area contributed by atoms with Crippen molar-refractivity contribution in [2.75, 3.05) is 0 Å². The van der Waals surface area contributed by atoms with Crippen molar-refractivity contribution >= 4 is 27.5 Å². The number of hydrogen-bond donors (Lipinski definition) is 1. The Morgan fingerprint density at radius 2 is 1.95 bits per heavy atom. The van der Waals surface area contributed by atoms with Gasteiger partial charge in [0.05, 0.1) is 17.8 Å². The molecule has 1 N–H and O–H groups in total. The molecule has 0 unspecified atom stereocenters. The summed E-state index contributed by atoms with van der Waals surface area (Å²) < 4.78 is 0.923. The van der Waals surface area contributed by atoms with E-state index in [1.807, 2.05) is 12.1 Å². The first kappa shape index (κ1) is 14.7. The minimum absolute atomic E-state index is 0.124. The highest BCUT2D eigenvalue weighted by molar-refractivity contribution is 9.10. The van der Waals surface area contributed by atoms with Crippen molar-refractivity contribution in [3.05, 3.63) is 69.7 Å². The molecular weight excluding hydrogens is 342 g/mol. The molecular formula is C17H14BrN3O. The number of benzene rings is 1. The van der Waals surface area contributed by atoms with E-state index in [1.165, 1.54) is 0 Å². The third-order valence-electron chi connectivity index (χ3n) is 4.04. The third kappa shape index (κ3) is 2.75. The molecule has 1 aliphatic rings. The van der Waals surface area contributed by atoms with Gasteiger partial charge in [0, 0.05) is 16.2 Å². The number of rotatable bonds is 3. The SMILES string of the molecule is [C-]#[N+]c1ccc(C(=O)NC2(c3ccc(Br)cn3)CCC2)cc1. The first-order chi connectivity index (χ1) is 10.6. The number of pyridine rings is 1. The number of carbonyl (C=O) groups excluding carboxylic acids is 1. The summed E-state index contributed by atoms with van der Waals surface area (Å²) in [5, 5.41) is 3.13. The summed E-state index contributed by atoms with van der Waals surface area (Å²) in [5.74, 6) is -0.124. The van der Waals surface area contributed by atoms with Crippen molar-refractivity contribution in [3.8, 4) is 0 Å². The highest BCUT2D eigenvalue weighted by atomic mass is 79.9. The smallest absolute Gasteiger partial charge is 0.251 e. The maximum atomic E-state index is 12.5. The average Bonchev–Trinajstić information content (AvgIpc) is 2.52. The molecule has 0 aliphatic heterocycles. The van der Waals surface area contributed by atoms with Gasteiger partial charge >= 0.3 is 0 Å². The molecule has 3 rings (SSSR count). The van der Waals surface area contributed by atoms with Crippen molar-refractivity contribution in [1.29, 1.82) is 0 Å². The van der Waals surface area contributed by atoms with E-state index in [2.05, 4.69) is 31.1 Å². The molecule has 1 aromatic carbocycles. The van der Waals surface area contributed by atoms with E-state index >= 15 is 0 Å². The van der Waals surface area contributed by atoms with E-state index in [-0.39, 0.29) is 11.4 Å². The minimum Gasteiger partial charge on any atom is -0.341 e. The van der Waals surface area contributed by atoms with Crippen molar-refractivity contribution in [2.24, 2.45) is 0 Å². The van der Waals surface area contributed by atoms with Crippen LogP contribution < -0.4 is 5.32 Å². The van der Waals surface area contributed by atoms with Gasteiger partial charge in [-0.25, -0.2) is 4.85 Å². The fraction of sp³-hybridized carbons (Fsp3) is 0.235. The first-order valence-corrected chi connectivity index (χ1v) is 7.84. The number of hydrogen-bond acceptors (Lipinski definition) is 2. The van der Waals surface area contributed by atoms with Crippen LogP contribution in [0.5, 0.6) is 0 Å². The summed E-state index contributed by atoms with van der Waals surface area (Å²) in [6, 6.07) is 10.6. The lowest BCUT2D eigenvalue weighted by Gasteiger charge is -2.42. The zero-order valence-corrected chi connectivity index (χ0v) is 13.4. The highest BCUT2D eigenvalue weighted by Gasteiger charge is 2.41. The van der Waals surface area contributed by atoms with Crippen LogP contribution in [-0.4, -0.2) is 10.9 Å². The normalized spacial score (nSPS) is 15.5. The Bertz CT molecular complexity index is 728. The van der Waals surface area contributed by atoms with E-state index in [9.17, 15) is 4.79 Å². The maximum absolute atomic E-state index is 12.5. The molecule has 22 heavy (non-hydrogen) atoms. The number of carbonyl (C=O) groups is 1. The molecule has 1 aromatic heterocycles. The zero-order chi connectivity index (χ0) is 15.6. The summed E-state index contributed by atoms with van der Waals surface area (Å²) in [6.07, 6.45) is 4.63. The molecule has 2 aromatic rings. The fourth-order valence-electron chi connectivity index (χ4n) is 2.61. The monoisotopic (exact) mass is 355 g/mol. The first-order valence-electron chi connectivity index (χ1n) is 7.05. The van der Waals surface area contributed by atoms with Gasteiger partial charge in [-0.1, -0.05) is 24.3 Å². The molecule has 0 saturated heterocycles. The van der Waals surface area contributed by atoms with Crippen LogP contribution in [0.15, 0.2) is 47.1 Å². The number of amides is 1. The Hall–Kier alpha value is -2.19. The Balaban J connectivity index is 1.81. The second-order valence-corrected chi connectivity index (χ2v) is 6.33. The molecule has 1 heterocycles. The standard InChI is InChI=1S/C17H14BrN3O/c1-19-14-6-3-12(4-7-14)16(22)21-17(9-2-10-17)15-8-5-13(18)11-20-15/h3-8,11H,2,9-10H2,(H,21,22). The number of aromatic nitrogens is 1. The zero-order valence-electron chi connectivity index (χ0n) is 11.8. The van der Waals surface area contributed by atoms with Gasteiger partial charge in [-0.15, -0.1) is 0 Å². The van der Waals surface area contributed by atoms with Crippen LogP contribution in [0.2, 0.25) is 0 Å². The predicted molar refractivity (Wildman–Crippen MR) is 87.6 cm³/mol.